The summed E-state index contributed by atoms with van der Waals surface area (Å²) in [6.45, 7) is 2.02. The summed E-state index contributed by atoms with van der Waals surface area (Å²) in [6, 6.07) is 4.72. The van der Waals surface area contributed by atoms with Gasteiger partial charge in [-0.15, -0.1) is 0 Å². The molecule has 20 heavy (non-hydrogen) atoms. The van der Waals surface area contributed by atoms with Crippen LogP contribution < -0.4 is 0 Å². The summed E-state index contributed by atoms with van der Waals surface area (Å²) in [4.78, 5) is 25.0. The molecule has 1 fully saturated rings. The molecule has 0 spiro atoms. The number of hydrogen-bond acceptors (Lipinski definition) is 2. The fraction of sp³-hybridized carbons (Fsp3) is 0.429. The van der Waals surface area contributed by atoms with Crippen molar-refractivity contribution in [3.8, 4) is 0 Å². The van der Waals surface area contributed by atoms with Crippen molar-refractivity contribution in [2.45, 2.75) is 19.5 Å². The summed E-state index contributed by atoms with van der Waals surface area (Å²) in [5.41, 5.74) is -1.30. The van der Waals surface area contributed by atoms with E-state index in [1.54, 1.807) is 6.92 Å². The largest absolute Gasteiger partial charge is 0.417 e. The second-order valence-electron chi connectivity index (χ2n) is 4.91. The van der Waals surface area contributed by atoms with Crippen molar-refractivity contribution in [3.63, 3.8) is 0 Å². The predicted molar refractivity (Wildman–Crippen MR) is 66.1 cm³/mol. The molecule has 2 rings (SSSR count). The Morgan fingerprint density at radius 1 is 1.30 bits per heavy atom. The molecule has 0 aromatic heterocycles. The van der Waals surface area contributed by atoms with Gasteiger partial charge in [0, 0.05) is 25.4 Å². The third-order valence-electron chi connectivity index (χ3n) is 3.42. The maximum Gasteiger partial charge on any atom is 0.417 e. The first-order chi connectivity index (χ1) is 9.30. The monoisotopic (exact) mass is 285 g/mol. The molecule has 108 valence electrons. The maximum absolute atomic E-state index is 12.9. The van der Waals surface area contributed by atoms with Gasteiger partial charge in [0.25, 0.3) is 5.91 Å². The quantitative estimate of drug-likeness (QED) is 0.795. The van der Waals surface area contributed by atoms with Crippen LogP contribution in [-0.2, 0) is 11.0 Å². The highest BCUT2D eigenvalue weighted by atomic mass is 19.4. The van der Waals surface area contributed by atoms with Crippen molar-refractivity contribution in [2.24, 2.45) is 5.92 Å². The number of rotatable bonds is 1. The van der Waals surface area contributed by atoms with Crippen LogP contribution in [0.15, 0.2) is 24.3 Å². The molecule has 0 aliphatic carbocycles. The van der Waals surface area contributed by atoms with Crippen LogP contribution in [0.1, 0.15) is 29.3 Å². The van der Waals surface area contributed by atoms with Gasteiger partial charge in [-0.05, 0) is 12.1 Å². The lowest BCUT2D eigenvalue weighted by Crippen LogP contribution is -2.43. The van der Waals surface area contributed by atoms with Gasteiger partial charge in [-0.25, -0.2) is 0 Å². The third-order valence-corrected chi connectivity index (χ3v) is 3.42. The van der Waals surface area contributed by atoms with Crippen molar-refractivity contribution < 1.29 is 22.8 Å². The van der Waals surface area contributed by atoms with Crippen LogP contribution in [0.25, 0.3) is 0 Å². The predicted octanol–water partition coefficient (Wildman–Crippen LogP) is 2.76. The van der Waals surface area contributed by atoms with Crippen LogP contribution in [0.2, 0.25) is 0 Å². The van der Waals surface area contributed by atoms with Gasteiger partial charge in [-0.1, -0.05) is 19.1 Å². The topological polar surface area (TPSA) is 37.4 Å². The molecule has 1 aromatic rings. The van der Waals surface area contributed by atoms with E-state index in [-0.39, 0.29) is 36.8 Å². The fourth-order valence-corrected chi connectivity index (χ4v) is 2.29. The van der Waals surface area contributed by atoms with E-state index in [9.17, 15) is 22.8 Å². The van der Waals surface area contributed by atoms with Gasteiger partial charge in [0.1, 0.15) is 5.78 Å². The highest BCUT2D eigenvalue weighted by molar-refractivity contribution is 5.97. The number of amides is 1. The molecule has 0 bridgehead atoms. The third kappa shape index (κ3) is 2.84. The number of nitrogens with zero attached hydrogens (tertiary/aromatic N) is 1. The van der Waals surface area contributed by atoms with E-state index in [1.807, 2.05) is 0 Å². The van der Waals surface area contributed by atoms with Crippen LogP contribution in [0, 0.1) is 5.92 Å². The first kappa shape index (κ1) is 14.6. The van der Waals surface area contributed by atoms with Crippen molar-refractivity contribution >= 4 is 11.7 Å². The number of Topliss-reactive ketones (excluding diaryl/α,β-unsaturated/α-hetero) is 1. The minimum Gasteiger partial charge on any atom is -0.337 e. The molecular weight excluding hydrogens is 271 g/mol. The summed E-state index contributed by atoms with van der Waals surface area (Å²) in [5, 5.41) is 0. The number of likely N-dealkylation sites (tertiary alicyclic amines) is 1. The van der Waals surface area contributed by atoms with Gasteiger partial charge < -0.3 is 4.90 Å². The zero-order valence-corrected chi connectivity index (χ0v) is 10.9. The summed E-state index contributed by atoms with van der Waals surface area (Å²) in [5.74, 6) is -0.957. The number of benzene rings is 1. The van der Waals surface area contributed by atoms with Gasteiger partial charge in [0.2, 0.25) is 0 Å². The van der Waals surface area contributed by atoms with Crippen LogP contribution in [0.5, 0.6) is 0 Å². The van der Waals surface area contributed by atoms with E-state index in [2.05, 4.69) is 0 Å². The molecule has 6 heteroatoms. The lowest BCUT2D eigenvalue weighted by molar-refractivity contribution is -0.138. The number of hydrogen-bond donors (Lipinski definition) is 0. The van der Waals surface area contributed by atoms with Crippen LogP contribution in [0.3, 0.4) is 0 Å². The first-order valence-corrected chi connectivity index (χ1v) is 6.29. The van der Waals surface area contributed by atoms with Gasteiger partial charge in [0.05, 0.1) is 11.1 Å². The molecule has 1 atom stereocenters. The Labute approximate surface area is 114 Å². The van der Waals surface area contributed by atoms with E-state index in [4.69, 9.17) is 0 Å². The Kier molecular flexibility index (Phi) is 3.83. The highest BCUT2D eigenvalue weighted by Gasteiger charge is 2.37. The average molecular weight is 285 g/mol. The Morgan fingerprint density at radius 2 is 1.95 bits per heavy atom. The lowest BCUT2D eigenvalue weighted by Gasteiger charge is -2.30. The summed E-state index contributed by atoms with van der Waals surface area (Å²) < 4.78 is 38.7. The van der Waals surface area contributed by atoms with Gasteiger partial charge in [-0.3, -0.25) is 9.59 Å². The van der Waals surface area contributed by atoms with Crippen molar-refractivity contribution in [1.29, 1.82) is 0 Å². The molecule has 1 unspecified atom stereocenters. The molecule has 1 amide bonds. The summed E-state index contributed by atoms with van der Waals surface area (Å²) in [7, 11) is 0. The fourth-order valence-electron chi connectivity index (χ4n) is 2.29. The van der Waals surface area contributed by atoms with Crippen LogP contribution in [0.4, 0.5) is 13.2 Å². The SMILES string of the molecule is CC1CN(C(=O)c2ccccc2C(F)(F)F)CCC1=O. The van der Waals surface area contributed by atoms with Gasteiger partial charge in [0.15, 0.2) is 0 Å². The number of halogens is 3. The molecule has 1 aromatic carbocycles. The molecule has 0 N–H and O–H groups in total. The minimum absolute atomic E-state index is 0.0400. The second kappa shape index (κ2) is 5.26. The van der Waals surface area contributed by atoms with E-state index >= 15 is 0 Å². The Hall–Kier alpha value is -1.85. The molecule has 1 aliphatic rings. The van der Waals surface area contributed by atoms with Gasteiger partial charge >= 0.3 is 6.18 Å². The number of carbonyl (C=O) groups is 2. The zero-order valence-electron chi connectivity index (χ0n) is 10.9. The van der Waals surface area contributed by atoms with Crippen LogP contribution >= 0.6 is 0 Å². The van der Waals surface area contributed by atoms with Crippen molar-refractivity contribution in [2.75, 3.05) is 13.1 Å². The number of piperidine rings is 1. The van der Waals surface area contributed by atoms with E-state index in [0.717, 1.165) is 6.07 Å². The Balaban J connectivity index is 2.28. The zero-order chi connectivity index (χ0) is 14.9. The first-order valence-electron chi connectivity index (χ1n) is 6.29. The molecule has 0 radical (unpaired) electrons. The van der Waals surface area contributed by atoms with Gasteiger partial charge in [-0.2, -0.15) is 13.2 Å². The highest BCUT2D eigenvalue weighted by Crippen LogP contribution is 2.32. The molecule has 1 aliphatic heterocycles. The van der Waals surface area contributed by atoms with Crippen LogP contribution in [-0.4, -0.2) is 29.7 Å². The van der Waals surface area contributed by atoms with E-state index < -0.39 is 17.6 Å². The second-order valence-corrected chi connectivity index (χ2v) is 4.91. The molecule has 3 nitrogen and oxygen atoms in total. The Morgan fingerprint density at radius 3 is 2.55 bits per heavy atom. The summed E-state index contributed by atoms with van der Waals surface area (Å²) >= 11 is 0. The number of ketones is 1. The Bertz CT molecular complexity index is 539. The van der Waals surface area contributed by atoms with Crippen molar-refractivity contribution in [3.05, 3.63) is 35.4 Å². The standard InChI is InChI=1S/C14H14F3NO2/c1-9-8-18(7-6-12(9)19)13(20)10-4-2-3-5-11(10)14(15,16)17/h2-5,9H,6-8H2,1H3. The normalized spacial score (nSPS) is 20.1. The smallest absolute Gasteiger partial charge is 0.337 e. The molecular formula is C14H14F3NO2. The molecule has 1 heterocycles. The van der Waals surface area contributed by atoms with E-state index in [0.29, 0.717) is 0 Å². The average Bonchev–Trinajstić information content (AvgIpc) is 2.40. The summed E-state index contributed by atoms with van der Waals surface area (Å²) in [6.07, 6.45) is -4.37. The number of alkyl halides is 3. The van der Waals surface area contributed by atoms with Crippen molar-refractivity contribution in [1.82, 2.24) is 4.90 Å². The molecule has 0 saturated carbocycles. The lowest BCUT2D eigenvalue weighted by atomic mass is 9.97. The maximum atomic E-state index is 12.9. The number of carbonyl (C=O) groups excluding carboxylic acids is 2. The van der Waals surface area contributed by atoms with E-state index in [1.165, 1.54) is 23.1 Å². The molecule has 1 saturated heterocycles. The minimum atomic E-state index is -4.57.